The van der Waals surface area contributed by atoms with Gasteiger partial charge in [0.25, 0.3) is 0 Å². The number of ether oxygens (including phenoxy) is 1. The number of rotatable bonds is 5. The summed E-state index contributed by atoms with van der Waals surface area (Å²) in [6.07, 6.45) is 2.09. The minimum absolute atomic E-state index is 0.0245. The summed E-state index contributed by atoms with van der Waals surface area (Å²) in [6.45, 7) is 0.976. The molecule has 0 saturated carbocycles. The summed E-state index contributed by atoms with van der Waals surface area (Å²) in [5.41, 5.74) is 0. The van der Waals surface area contributed by atoms with Gasteiger partial charge in [0, 0.05) is 12.5 Å². The van der Waals surface area contributed by atoms with Crippen LogP contribution in [-0.2, 0) is 4.79 Å². The maximum Gasteiger partial charge on any atom is 0.167 e. The normalized spacial score (nSPS) is 18.9. The minimum Gasteiger partial charge on any atom is -0.490 e. The Morgan fingerprint density at radius 2 is 2.28 bits per heavy atom. The van der Waals surface area contributed by atoms with Gasteiger partial charge in [-0.1, -0.05) is 0 Å². The summed E-state index contributed by atoms with van der Waals surface area (Å²) in [7, 11) is 0. The SMILES string of the molecule is O=C(CCOc1ccc(F)cc1F)C1CCCN1. The second-order valence-electron chi connectivity index (χ2n) is 4.29. The van der Waals surface area contributed by atoms with Crippen molar-refractivity contribution in [1.29, 1.82) is 0 Å². The van der Waals surface area contributed by atoms with E-state index in [1.165, 1.54) is 6.07 Å². The van der Waals surface area contributed by atoms with Crippen LogP contribution in [0.3, 0.4) is 0 Å². The van der Waals surface area contributed by atoms with Crippen molar-refractivity contribution in [1.82, 2.24) is 5.32 Å². The largest absolute Gasteiger partial charge is 0.490 e. The molecule has 1 aliphatic rings. The Morgan fingerprint density at radius 3 is 2.94 bits per heavy atom. The third kappa shape index (κ3) is 3.26. The summed E-state index contributed by atoms with van der Waals surface area (Å²) in [6, 6.07) is 3.02. The van der Waals surface area contributed by atoms with Gasteiger partial charge in [-0.15, -0.1) is 0 Å². The molecule has 1 atom stereocenters. The van der Waals surface area contributed by atoms with Crippen LogP contribution < -0.4 is 10.1 Å². The number of nitrogens with one attached hydrogen (secondary N) is 1. The number of benzene rings is 1. The van der Waals surface area contributed by atoms with Crippen LogP contribution in [0.1, 0.15) is 19.3 Å². The van der Waals surface area contributed by atoms with Gasteiger partial charge in [0.15, 0.2) is 17.3 Å². The number of hydrogen-bond donors (Lipinski definition) is 1. The molecule has 5 heteroatoms. The van der Waals surface area contributed by atoms with Crippen molar-refractivity contribution in [2.24, 2.45) is 0 Å². The third-order valence-corrected chi connectivity index (χ3v) is 2.95. The van der Waals surface area contributed by atoms with Gasteiger partial charge in [0.1, 0.15) is 5.82 Å². The van der Waals surface area contributed by atoms with Crippen molar-refractivity contribution in [2.45, 2.75) is 25.3 Å². The number of carbonyl (C=O) groups excluding carboxylic acids is 1. The molecule has 0 radical (unpaired) electrons. The lowest BCUT2D eigenvalue weighted by molar-refractivity contribution is -0.121. The highest BCUT2D eigenvalue weighted by molar-refractivity contribution is 5.84. The Labute approximate surface area is 104 Å². The van der Waals surface area contributed by atoms with E-state index >= 15 is 0 Å². The molecule has 0 bridgehead atoms. The molecular weight excluding hydrogens is 240 g/mol. The Morgan fingerprint density at radius 1 is 1.44 bits per heavy atom. The molecule has 0 amide bonds. The van der Waals surface area contributed by atoms with Crippen molar-refractivity contribution in [3.63, 3.8) is 0 Å². The molecule has 1 fully saturated rings. The highest BCUT2D eigenvalue weighted by Crippen LogP contribution is 2.18. The second kappa shape index (κ2) is 5.91. The van der Waals surface area contributed by atoms with E-state index < -0.39 is 11.6 Å². The van der Waals surface area contributed by atoms with Crippen molar-refractivity contribution in [3.8, 4) is 5.75 Å². The summed E-state index contributed by atoms with van der Waals surface area (Å²) in [4.78, 5) is 11.7. The van der Waals surface area contributed by atoms with Gasteiger partial charge < -0.3 is 10.1 Å². The number of ketones is 1. The maximum absolute atomic E-state index is 13.2. The molecule has 1 aliphatic heterocycles. The fourth-order valence-corrected chi connectivity index (χ4v) is 1.99. The molecule has 18 heavy (non-hydrogen) atoms. The Kier molecular flexibility index (Phi) is 4.25. The van der Waals surface area contributed by atoms with Crippen LogP contribution in [0.5, 0.6) is 5.75 Å². The molecular formula is C13H15F2NO2. The van der Waals surface area contributed by atoms with Crippen LogP contribution in [0.25, 0.3) is 0 Å². The topological polar surface area (TPSA) is 38.3 Å². The predicted octanol–water partition coefficient (Wildman–Crippen LogP) is 2.05. The van der Waals surface area contributed by atoms with E-state index in [2.05, 4.69) is 5.32 Å². The van der Waals surface area contributed by atoms with Crippen molar-refractivity contribution in [3.05, 3.63) is 29.8 Å². The van der Waals surface area contributed by atoms with Crippen molar-refractivity contribution >= 4 is 5.78 Å². The minimum atomic E-state index is -0.749. The maximum atomic E-state index is 13.2. The van der Waals surface area contributed by atoms with E-state index in [1.54, 1.807) is 0 Å². The number of halogens is 2. The van der Waals surface area contributed by atoms with Gasteiger partial charge >= 0.3 is 0 Å². The average Bonchev–Trinajstić information content (AvgIpc) is 2.85. The first-order valence-electron chi connectivity index (χ1n) is 6.01. The van der Waals surface area contributed by atoms with E-state index in [1.807, 2.05) is 0 Å². The molecule has 1 heterocycles. The fourth-order valence-electron chi connectivity index (χ4n) is 1.99. The standard InChI is InChI=1S/C13H15F2NO2/c14-9-3-4-13(10(15)8-9)18-7-5-12(17)11-2-1-6-16-11/h3-4,8,11,16H,1-2,5-7H2. The van der Waals surface area contributed by atoms with Gasteiger partial charge in [-0.05, 0) is 31.5 Å². The molecule has 1 aromatic rings. The van der Waals surface area contributed by atoms with Crippen molar-refractivity contribution < 1.29 is 18.3 Å². The van der Waals surface area contributed by atoms with E-state index in [0.29, 0.717) is 0 Å². The molecule has 0 spiro atoms. The third-order valence-electron chi connectivity index (χ3n) is 2.95. The van der Waals surface area contributed by atoms with E-state index in [4.69, 9.17) is 4.74 Å². The Bertz CT molecular complexity index is 431. The lowest BCUT2D eigenvalue weighted by atomic mass is 10.1. The molecule has 1 saturated heterocycles. The van der Waals surface area contributed by atoms with Gasteiger partial charge in [-0.3, -0.25) is 4.79 Å². The highest BCUT2D eigenvalue weighted by Gasteiger charge is 2.21. The van der Waals surface area contributed by atoms with Crippen LogP contribution in [0.4, 0.5) is 8.78 Å². The molecule has 3 nitrogen and oxygen atoms in total. The summed E-state index contributed by atoms with van der Waals surface area (Å²) >= 11 is 0. The number of carbonyl (C=O) groups is 1. The number of Topliss-reactive ketones (excluding diaryl/α,β-unsaturated/α-hetero) is 1. The van der Waals surface area contributed by atoms with E-state index in [-0.39, 0.29) is 30.6 Å². The Balaban J connectivity index is 1.79. The average molecular weight is 255 g/mol. The predicted molar refractivity (Wildman–Crippen MR) is 62.5 cm³/mol. The molecule has 1 unspecified atom stereocenters. The molecule has 0 aliphatic carbocycles. The van der Waals surface area contributed by atoms with Crippen LogP contribution in [0.15, 0.2) is 18.2 Å². The summed E-state index contributed by atoms with van der Waals surface area (Å²) in [5, 5.41) is 3.10. The highest BCUT2D eigenvalue weighted by atomic mass is 19.1. The fraction of sp³-hybridized carbons (Fsp3) is 0.462. The molecule has 1 aromatic carbocycles. The first-order valence-corrected chi connectivity index (χ1v) is 6.01. The van der Waals surface area contributed by atoms with Crippen LogP contribution in [-0.4, -0.2) is 25.0 Å². The smallest absolute Gasteiger partial charge is 0.167 e. The zero-order valence-corrected chi connectivity index (χ0v) is 9.92. The zero-order chi connectivity index (χ0) is 13.0. The number of hydrogen-bond acceptors (Lipinski definition) is 3. The quantitative estimate of drug-likeness (QED) is 0.875. The van der Waals surface area contributed by atoms with Gasteiger partial charge in [-0.25, -0.2) is 8.78 Å². The van der Waals surface area contributed by atoms with Gasteiger partial charge in [0.2, 0.25) is 0 Å². The molecule has 98 valence electrons. The monoisotopic (exact) mass is 255 g/mol. The van der Waals surface area contributed by atoms with Crippen LogP contribution in [0, 0.1) is 11.6 Å². The van der Waals surface area contributed by atoms with Crippen LogP contribution in [0.2, 0.25) is 0 Å². The van der Waals surface area contributed by atoms with Gasteiger partial charge in [-0.2, -0.15) is 0 Å². The summed E-state index contributed by atoms with van der Waals surface area (Å²) in [5.74, 6) is -1.34. The van der Waals surface area contributed by atoms with Gasteiger partial charge in [0.05, 0.1) is 12.6 Å². The summed E-state index contributed by atoms with van der Waals surface area (Å²) < 4.78 is 31.0. The second-order valence-corrected chi connectivity index (χ2v) is 4.29. The molecule has 0 aromatic heterocycles. The van der Waals surface area contributed by atoms with Crippen LogP contribution >= 0.6 is 0 Å². The molecule has 2 rings (SSSR count). The Hall–Kier alpha value is -1.49. The van der Waals surface area contributed by atoms with E-state index in [0.717, 1.165) is 31.5 Å². The molecule has 1 N–H and O–H groups in total. The van der Waals surface area contributed by atoms with Crippen molar-refractivity contribution in [2.75, 3.05) is 13.2 Å². The lowest BCUT2D eigenvalue weighted by Gasteiger charge is -2.10. The zero-order valence-electron chi connectivity index (χ0n) is 9.92. The first-order chi connectivity index (χ1) is 8.66. The first kappa shape index (κ1) is 13.0. The lowest BCUT2D eigenvalue weighted by Crippen LogP contribution is -2.31. The van der Waals surface area contributed by atoms with E-state index in [9.17, 15) is 13.6 Å².